The fraction of sp³-hybridized carbons (Fsp3) is 0.545. The van der Waals surface area contributed by atoms with Crippen LogP contribution in [0, 0.1) is 17.2 Å². The number of likely N-dealkylation sites (N-methyl/N-ethyl adjacent to an activating group) is 1. The lowest BCUT2D eigenvalue weighted by Crippen LogP contribution is -2.55. The lowest BCUT2D eigenvalue weighted by Gasteiger charge is -2.41. The number of aromatic nitrogens is 2. The highest BCUT2D eigenvalue weighted by Crippen LogP contribution is 2.36. The average molecular weight is 587 g/mol. The number of benzene rings is 1. The number of nitrogens with zero attached hydrogens (tertiary/aromatic N) is 6. The second-order valence-corrected chi connectivity index (χ2v) is 11.7. The quantitative estimate of drug-likeness (QED) is 0.304. The molecule has 10 heteroatoms. The molecule has 2 unspecified atom stereocenters. The molecule has 43 heavy (non-hydrogen) atoms. The molecule has 3 aliphatic rings. The van der Waals surface area contributed by atoms with Crippen molar-refractivity contribution in [1.29, 1.82) is 5.26 Å². The van der Waals surface area contributed by atoms with Crippen LogP contribution in [-0.4, -0.2) is 90.5 Å². The summed E-state index contributed by atoms with van der Waals surface area (Å²) in [5.74, 6) is 1.03. The van der Waals surface area contributed by atoms with Crippen molar-refractivity contribution in [2.24, 2.45) is 5.92 Å². The van der Waals surface area contributed by atoms with E-state index in [1.54, 1.807) is 12.0 Å². The smallest absolute Gasteiger partial charge is 0.319 e. The van der Waals surface area contributed by atoms with E-state index in [1.807, 2.05) is 19.1 Å². The van der Waals surface area contributed by atoms with Gasteiger partial charge in [0.2, 0.25) is 5.91 Å². The summed E-state index contributed by atoms with van der Waals surface area (Å²) in [4.78, 5) is 42.6. The zero-order chi connectivity index (χ0) is 30.5. The van der Waals surface area contributed by atoms with Gasteiger partial charge in [-0.1, -0.05) is 25.6 Å². The van der Waals surface area contributed by atoms with E-state index in [-0.39, 0.29) is 42.1 Å². The van der Waals surface area contributed by atoms with Gasteiger partial charge in [0, 0.05) is 37.2 Å². The number of piperazine rings is 1. The summed E-state index contributed by atoms with van der Waals surface area (Å²) in [5, 5.41) is 9.52. The molecule has 1 aromatic heterocycles. The van der Waals surface area contributed by atoms with Crippen molar-refractivity contribution >= 4 is 17.5 Å². The number of Topliss-reactive ketones (excluding diaryl/α,β-unsaturated/α-hetero) is 1. The molecular weight excluding hydrogens is 544 g/mol. The Morgan fingerprint density at radius 3 is 2.72 bits per heavy atom. The predicted molar refractivity (Wildman–Crippen MR) is 164 cm³/mol. The number of anilines is 1. The van der Waals surface area contributed by atoms with Crippen molar-refractivity contribution < 1.29 is 19.1 Å². The van der Waals surface area contributed by atoms with Gasteiger partial charge in [0.25, 0.3) is 0 Å². The number of likely N-dealkylation sites (tertiary alicyclic amines) is 1. The van der Waals surface area contributed by atoms with Crippen molar-refractivity contribution in [1.82, 2.24) is 19.8 Å². The van der Waals surface area contributed by atoms with Gasteiger partial charge >= 0.3 is 6.01 Å². The maximum absolute atomic E-state index is 14.3. The van der Waals surface area contributed by atoms with E-state index in [0.717, 1.165) is 49.1 Å². The number of nitriles is 1. The summed E-state index contributed by atoms with van der Waals surface area (Å²) in [7, 11) is 3.76. The average Bonchev–Trinajstić information content (AvgIpc) is 3.46. The Bertz CT molecular complexity index is 1390. The van der Waals surface area contributed by atoms with E-state index in [0.29, 0.717) is 50.6 Å². The van der Waals surface area contributed by atoms with Crippen LogP contribution >= 0.6 is 0 Å². The Labute approximate surface area is 254 Å². The van der Waals surface area contributed by atoms with E-state index in [1.165, 1.54) is 11.6 Å². The Morgan fingerprint density at radius 2 is 2.02 bits per heavy atom. The fourth-order valence-corrected chi connectivity index (χ4v) is 6.77. The molecule has 0 radical (unpaired) electrons. The van der Waals surface area contributed by atoms with Crippen molar-refractivity contribution in [2.75, 3.05) is 51.8 Å². The van der Waals surface area contributed by atoms with Crippen LogP contribution in [0.4, 0.5) is 5.82 Å². The van der Waals surface area contributed by atoms with Gasteiger partial charge in [-0.05, 0) is 75.4 Å². The highest BCUT2D eigenvalue weighted by molar-refractivity contribution is 5.99. The molecule has 1 aromatic carbocycles. The monoisotopic (exact) mass is 586 g/mol. The van der Waals surface area contributed by atoms with Crippen LogP contribution in [0.1, 0.15) is 59.8 Å². The largest absolute Gasteiger partial charge is 0.496 e. The molecule has 1 amide bonds. The second kappa shape index (κ2) is 13.6. The number of methoxy groups -OCH3 is 1. The minimum atomic E-state index is -0.318. The number of carbonyl (C=O) groups is 2. The highest BCUT2D eigenvalue weighted by atomic mass is 16.5. The number of hydrogen-bond acceptors (Lipinski definition) is 9. The lowest BCUT2D eigenvalue weighted by molar-refractivity contribution is -0.128. The van der Waals surface area contributed by atoms with Crippen molar-refractivity contribution in [3.05, 3.63) is 53.2 Å². The van der Waals surface area contributed by atoms with Crippen LogP contribution in [0.15, 0.2) is 30.9 Å². The minimum absolute atomic E-state index is 0.00561. The SMILES string of the molecule is C=CC(=O)N1CCN(c2nc(OCC3CCCN3C)nc(C(=O)[C@@H]3CCc4cccc(OC)c4C3)c2CC)CC1CC#N. The molecule has 2 aliphatic heterocycles. The molecule has 0 N–H and O–H groups in total. The first kappa shape index (κ1) is 30.5. The number of aryl methyl sites for hydroxylation is 1. The third kappa shape index (κ3) is 6.37. The number of carbonyl (C=O) groups excluding carboxylic acids is 2. The molecule has 3 atom stereocenters. The maximum atomic E-state index is 14.3. The molecule has 2 aromatic rings. The van der Waals surface area contributed by atoms with Gasteiger partial charge in [-0.15, -0.1) is 0 Å². The number of ether oxygens (including phenoxy) is 2. The van der Waals surface area contributed by atoms with Gasteiger partial charge in [0.05, 0.1) is 25.6 Å². The summed E-state index contributed by atoms with van der Waals surface area (Å²) < 4.78 is 11.9. The zero-order valence-corrected chi connectivity index (χ0v) is 25.6. The van der Waals surface area contributed by atoms with E-state index >= 15 is 0 Å². The predicted octanol–water partition coefficient (Wildman–Crippen LogP) is 3.63. The third-order valence-electron chi connectivity index (χ3n) is 9.23. The first-order valence-electron chi connectivity index (χ1n) is 15.4. The third-order valence-corrected chi connectivity index (χ3v) is 9.23. The number of rotatable bonds is 10. The van der Waals surface area contributed by atoms with E-state index < -0.39 is 0 Å². The summed E-state index contributed by atoms with van der Waals surface area (Å²) in [6, 6.07) is 8.44. The Morgan fingerprint density at radius 1 is 1.19 bits per heavy atom. The van der Waals surface area contributed by atoms with Crippen LogP contribution in [0.25, 0.3) is 0 Å². The van der Waals surface area contributed by atoms with E-state index in [2.05, 4.69) is 35.6 Å². The first-order valence-corrected chi connectivity index (χ1v) is 15.4. The maximum Gasteiger partial charge on any atom is 0.319 e. The van der Waals surface area contributed by atoms with Gasteiger partial charge in [0.1, 0.15) is 23.9 Å². The number of amides is 1. The molecule has 3 heterocycles. The Balaban J connectivity index is 1.50. The topological polar surface area (TPSA) is 112 Å². The Hall–Kier alpha value is -3.97. The summed E-state index contributed by atoms with van der Waals surface area (Å²) in [6.45, 7) is 8.47. The van der Waals surface area contributed by atoms with Gasteiger partial charge in [-0.25, -0.2) is 0 Å². The zero-order valence-electron chi connectivity index (χ0n) is 25.6. The summed E-state index contributed by atoms with van der Waals surface area (Å²) in [6.07, 6.45) is 6.33. The first-order chi connectivity index (χ1) is 20.9. The fourth-order valence-electron chi connectivity index (χ4n) is 6.77. The van der Waals surface area contributed by atoms with E-state index in [4.69, 9.17) is 19.4 Å². The molecule has 1 aliphatic carbocycles. The molecule has 2 saturated heterocycles. The number of fused-ring (bicyclic) bond motifs is 1. The summed E-state index contributed by atoms with van der Waals surface area (Å²) in [5.41, 5.74) is 3.50. The normalized spacial score (nSPS) is 22.0. The molecule has 0 bridgehead atoms. The lowest BCUT2D eigenvalue weighted by atomic mass is 9.80. The van der Waals surface area contributed by atoms with Crippen molar-refractivity contribution in [3.63, 3.8) is 0 Å². The van der Waals surface area contributed by atoms with Gasteiger partial charge in [-0.3, -0.25) is 9.59 Å². The summed E-state index contributed by atoms with van der Waals surface area (Å²) >= 11 is 0. The van der Waals surface area contributed by atoms with Crippen LogP contribution in [0.3, 0.4) is 0 Å². The van der Waals surface area contributed by atoms with E-state index in [9.17, 15) is 14.9 Å². The highest BCUT2D eigenvalue weighted by Gasteiger charge is 2.35. The molecular formula is C33H42N6O4. The van der Waals surface area contributed by atoms with Crippen LogP contribution in [0.5, 0.6) is 11.8 Å². The molecule has 10 nitrogen and oxygen atoms in total. The molecule has 5 rings (SSSR count). The number of hydrogen-bond donors (Lipinski definition) is 0. The van der Waals surface area contributed by atoms with Gasteiger partial charge in [-0.2, -0.15) is 15.2 Å². The van der Waals surface area contributed by atoms with Gasteiger partial charge < -0.3 is 24.2 Å². The van der Waals surface area contributed by atoms with Crippen LogP contribution in [-0.2, 0) is 24.1 Å². The minimum Gasteiger partial charge on any atom is -0.496 e. The van der Waals surface area contributed by atoms with Crippen LogP contribution in [0.2, 0.25) is 0 Å². The molecule has 0 spiro atoms. The Kier molecular flexibility index (Phi) is 9.61. The number of ketones is 1. The molecule has 228 valence electrons. The molecule has 2 fully saturated rings. The standard InChI is InChI=1S/C33H42N6O4/c1-5-26-30(31(41)23-13-12-22-9-7-11-28(42-4)27(22)19-23)35-33(43-21-25-10-8-16-37(25)3)36-32(26)38-17-18-39(29(40)6-2)24(20-38)14-15-34/h6-7,9,11,23-25H,2,5,8,10,12-14,16-21H2,1,3-4H3/t23-,24?,25?/m1/s1. The van der Waals surface area contributed by atoms with Crippen LogP contribution < -0.4 is 14.4 Å². The second-order valence-electron chi connectivity index (χ2n) is 11.7. The van der Waals surface area contributed by atoms with Crippen molar-refractivity contribution in [2.45, 2.75) is 64.0 Å². The van der Waals surface area contributed by atoms with Gasteiger partial charge in [0.15, 0.2) is 5.78 Å². The molecule has 0 saturated carbocycles. The van der Waals surface area contributed by atoms with Crippen molar-refractivity contribution in [3.8, 4) is 17.8 Å².